The lowest BCUT2D eigenvalue weighted by molar-refractivity contribution is -0.140. The van der Waals surface area contributed by atoms with Crippen LogP contribution < -0.4 is 0 Å². The molecule has 1 saturated carbocycles. The highest BCUT2D eigenvalue weighted by Crippen LogP contribution is 2.38. The van der Waals surface area contributed by atoms with Gasteiger partial charge in [-0.3, -0.25) is 0 Å². The fourth-order valence-corrected chi connectivity index (χ4v) is 3.05. The summed E-state index contributed by atoms with van der Waals surface area (Å²) in [4.78, 5) is 0. The maximum absolute atomic E-state index is 13.3. The van der Waals surface area contributed by atoms with Crippen molar-refractivity contribution in [3.05, 3.63) is 35.1 Å². The summed E-state index contributed by atoms with van der Waals surface area (Å²) in [5.41, 5.74) is -0.700. The van der Waals surface area contributed by atoms with Crippen molar-refractivity contribution in [1.82, 2.24) is 0 Å². The van der Waals surface area contributed by atoms with Gasteiger partial charge in [-0.05, 0) is 30.5 Å². The van der Waals surface area contributed by atoms with Gasteiger partial charge in [-0.15, -0.1) is 11.6 Å². The minimum atomic E-state index is -4.66. The van der Waals surface area contributed by atoms with Crippen molar-refractivity contribution in [1.29, 1.82) is 0 Å². The number of hydrogen-bond donors (Lipinski definition) is 0. The molecule has 2 unspecified atom stereocenters. The lowest BCUT2D eigenvalue weighted by atomic mass is 9.90. The molecule has 1 aromatic rings. The van der Waals surface area contributed by atoms with Crippen molar-refractivity contribution in [3.8, 4) is 0 Å². The van der Waals surface area contributed by atoms with Gasteiger partial charge in [-0.2, -0.15) is 13.2 Å². The molecule has 1 aliphatic rings. The quantitative estimate of drug-likeness (QED) is 0.364. The van der Waals surface area contributed by atoms with E-state index in [9.17, 15) is 17.6 Å². The number of benzene rings is 1. The summed E-state index contributed by atoms with van der Waals surface area (Å²) < 4.78 is 51.4. The zero-order valence-electron chi connectivity index (χ0n) is 10.3. The van der Waals surface area contributed by atoms with Crippen molar-refractivity contribution in [3.63, 3.8) is 0 Å². The van der Waals surface area contributed by atoms with Gasteiger partial charge in [0, 0.05) is 11.3 Å². The van der Waals surface area contributed by atoms with Crippen LogP contribution in [0.1, 0.15) is 49.1 Å². The van der Waals surface area contributed by atoms with E-state index in [4.69, 9.17) is 11.6 Å². The zero-order chi connectivity index (χ0) is 14.0. The Bertz CT molecular complexity index is 442. The zero-order valence-corrected chi connectivity index (χ0v) is 11.1. The first-order valence-electron chi connectivity index (χ1n) is 6.40. The van der Waals surface area contributed by atoms with E-state index in [-0.39, 0.29) is 11.3 Å². The maximum atomic E-state index is 13.3. The number of alkyl halides is 4. The van der Waals surface area contributed by atoms with Crippen LogP contribution >= 0.6 is 11.6 Å². The van der Waals surface area contributed by atoms with Gasteiger partial charge in [0.25, 0.3) is 0 Å². The molecule has 2 atom stereocenters. The molecule has 0 spiro atoms. The second-order valence-electron chi connectivity index (χ2n) is 5.00. The van der Waals surface area contributed by atoms with Gasteiger partial charge in [-0.25, -0.2) is 4.39 Å². The molecule has 1 aliphatic carbocycles. The van der Waals surface area contributed by atoms with Crippen LogP contribution in [0.5, 0.6) is 0 Å². The smallest absolute Gasteiger partial charge is 0.206 e. The van der Waals surface area contributed by atoms with Gasteiger partial charge in [0.1, 0.15) is 5.82 Å². The maximum Gasteiger partial charge on any atom is 0.419 e. The molecule has 2 rings (SSSR count). The third kappa shape index (κ3) is 3.41. The molecule has 0 amide bonds. The van der Waals surface area contributed by atoms with Crippen LogP contribution in [0.15, 0.2) is 18.2 Å². The molecule has 0 nitrogen and oxygen atoms in total. The number of rotatable bonds is 1. The summed E-state index contributed by atoms with van der Waals surface area (Å²) in [6.45, 7) is 0. The van der Waals surface area contributed by atoms with E-state index in [1.54, 1.807) is 0 Å². The monoisotopic (exact) mass is 294 g/mol. The van der Waals surface area contributed by atoms with Crippen LogP contribution in [-0.2, 0) is 6.18 Å². The minimum absolute atomic E-state index is 0.120. The first-order chi connectivity index (χ1) is 8.89. The topological polar surface area (TPSA) is 0 Å². The van der Waals surface area contributed by atoms with E-state index < -0.39 is 17.6 Å². The Morgan fingerprint density at radius 3 is 2.42 bits per heavy atom. The third-order valence-corrected chi connectivity index (χ3v) is 4.18. The normalized spacial score (nSPS) is 25.1. The molecule has 5 heteroatoms. The number of halogens is 5. The van der Waals surface area contributed by atoms with Crippen LogP contribution in [0.3, 0.4) is 0 Å². The van der Waals surface area contributed by atoms with Crippen LogP contribution in [0, 0.1) is 5.82 Å². The van der Waals surface area contributed by atoms with E-state index in [0.717, 1.165) is 44.2 Å². The van der Waals surface area contributed by atoms with E-state index in [1.807, 2.05) is 0 Å². The molecule has 0 heterocycles. The molecular weight excluding hydrogens is 280 g/mol. The van der Waals surface area contributed by atoms with Crippen LogP contribution in [0.4, 0.5) is 17.6 Å². The summed E-state index contributed by atoms with van der Waals surface area (Å²) in [6.07, 6.45) is -0.105. The molecule has 106 valence electrons. The Morgan fingerprint density at radius 2 is 1.74 bits per heavy atom. The van der Waals surface area contributed by atoms with Crippen molar-refractivity contribution < 1.29 is 17.6 Å². The van der Waals surface area contributed by atoms with Crippen molar-refractivity contribution >= 4 is 11.6 Å². The van der Waals surface area contributed by atoms with Crippen molar-refractivity contribution in [2.24, 2.45) is 0 Å². The van der Waals surface area contributed by atoms with Gasteiger partial charge < -0.3 is 0 Å². The van der Waals surface area contributed by atoms with Crippen molar-refractivity contribution in [2.75, 3.05) is 0 Å². The van der Waals surface area contributed by atoms with Gasteiger partial charge in [0.15, 0.2) is 0 Å². The van der Waals surface area contributed by atoms with Crippen LogP contribution in [-0.4, -0.2) is 5.38 Å². The highest BCUT2D eigenvalue weighted by atomic mass is 35.5. The summed E-state index contributed by atoms with van der Waals surface area (Å²) in [7, 11) is 0. The molecule has 0 aromatic heterocycles. The highest BCUT2D eigenvalue weighted by molar-refractivity contribution is 6.21. The van der Waals surface area contributed by atoms with Gasteiger partial charge in [0.05, 0.1) is 5.56 Å². The Hall–Kier alpha value is -0.770. The van der Waals surface area contributed by atoms with Gasteiger partial charge >= 0.3 is 6.18 Å². The molecule has 0 radical (unpaired) electrons. The lowest BCUT2D eigenvalue weighted by Gasteiger charge is -2.21. The largest absolute Gasteiger partial charge is 0.419 e. The minimum Gasteiger partial charge on any atom is -0.206 e. The Balaban J connectivity index is 2.34. The first-order valence-corrected chi connectivity index (χ1v) is 6.84. The third-order valence-electron chi connectivity index (χ3n) is 3.66. The highest BCUT2D eigenvalue weighted by Gasteiger charge is 2.35. The summed E-state index contributed by atoms with van der Waals surface area (Å²) in [6, 6.07) is 3.24. The van der Waals surface area contributed by atoms with Gasteiger partial charge in [-0.1, -0.05) is 25.3 Å². The molecular formula is C14H15ClF4. The van der Waals surface area contributed by atoms with Gasteiger partial charge in [0.2, 0.25) is 0 Å². The van der Waals surface area contributed by atoms with E-state index in [1.165, 1.54) is 6.07 Å². The molecule has 1 fully saturated rings. The Labute approximate surface area is 114 Å². The lowest BCUT2D eigenvalue weighted by Crippen LogP contribution is -2.14. The molecule has 0 saturated heterocycles. The van der Waals surface area contributed by atoms with Crippen LogP contribution in [0.2, 0.25) is 0 Å². The standard InChI is InChI=1S/C14H15ClF4/c15-12-5-3-1-2-4-10(12)9-6-7-13(16)11(8-9)14(17,18)19/h6-8,10,12H,1-5H2. The summed E-state index contributed by atoms with van der Waals surface area (Å²) in [5.74, 6) is -1.35. The fourth-order valence-electron chi connectivity index (χ4n) is 2.63. The van der Waals surface area contributed by atoms with E-state index in [2.05, 4.69) is 0 Å². The fraction of sp³-hybridized carbons (Fsp3) is 0.571. The molecule has 0 bridgehead atoms. The molecule has 19 heavy (non-hydrogen) atoms. The predicted molar refractivity (Wildman–Crippen MR) is 66.9 cm³/mol. The summed E-state index contributed by atoms with van der Waals surface area (Å²) >= 11 is 6.25. The van der Waals surface area contributed by atoms with E-state index >= 15 is 0 Å². The van der Waals surface area contributed by atoms with E-state index in [0.29, 0.717) is 5.56 Å². The average molecular weight is 295 g/mol. The predicted octanol–water partition coefficient (Wildman–Crippen LogP) is 5.50. The summed E-state index contributed by atoms with van der Waals surface area (Å²) in [5, 5.41) is -0.172. The second kappa shape index (κ2) is 5.70. The SMILES string of the molecule is Fc1ccc(C2CCCCCC2Cl)cc1C(F)(F)F. The second-order valence-corrected chi connectivity index (χ2v) is 5.56. The molecule has 0 N–H and O–H groups in total. The molecule has 1 aromatic carbocycles. The molecule has 0 aliphatic heterocycles. The Kier molecular flexibility index (Phi) is 4.39. The van der Waals surface area contributed by atoms with Crippen molar-refractivity contribution in [2.45, 2.75) is 49.6 Å². The Morgan fingerprint density at radius 1 is 1.05 bits per heavy atom. The number of hydrogen-bond acceptors (Lipinski definition) is 0. The average Bonchev–Trinajstić information content (AvgIpc) is 2.53. The van der Waals surface area contributed by atoms with Crippen LogP contribution in [0.25, 0.3) is 0 Å². The first kappa shape index (κ1) is 14.6.